The van der Waals surface area contributed by atoms with Gasteiger partial charge in [0.25, 0.3) is 5.69 Å². The molecular weight excluding hydrogens is 187 g/mol. The number of rotatable bonds is 1. The Bertz CT molecular complexity index is 449. The average molecular weight is 194 g/mol. The number of nitro groups is 1. The number of halogens is 1. The van der Waals surface area contributed by atoms with Crippen molar-refractivity contribution >= 4 is 5.69 Å². The second kappa shape index (κ2) is 3.42. The molecular formula is C9H7FN2O2. The van der Waals surface area contributed by atoms with Gasteiger partial charge >= 0.3 is 0 Å². The van der Waals surface area contributed by atoms with Crippen LogP contribution in [0.25, 0.3) is 0 Å². The van der Waals surface area contributed by atoms with E-state index in [1.807, 2.05) is 0 Å². The van der Waals surface area contributed by atoms with Crippen LogP contribution in [-0.2, 0) is 0 Å². The molecule has 0 spiro atoms. The van der Waals surface area contributed by atoms with E-state index in [1.54, 1.807) is 6.07 Å². The van der Waals surface area contributed by atoms with Crippen LogP contribution in [0.4, 0.5) is 10.1 Å². The third-order valence-electron chi connectivity index (χ3n) is 1.98. The highest BCUT2D eigenvalue weighted by Crippen LogP contribution is 2.27. The van der Waals surface area contributed by atoms with Crippen LogP contribution in [0.15, 0.2) is 6.07 Å². The van der Waals surface area contributed by atoms with Gasteiger partial charge in [-0.25, -0.2) is 4.39 Å². The van der Waals surface area contributed by atoms with E-state index in [4.69, 9.17) is 5.26 Å². The molecule has 0 bridgehead atoms. The summed E-state index contributed by atoms with van der Waals surface area (Å²) in [5.41, 5.74) is -0.149. The van der Waals surface area contributed by atoms with Crippen molar-refractivity contribution < 1.29 is 9.31 Å². The molecule has 72 valence electrons. The predicted molar refractivity (Wildman–Crippen MR) is 47.2 cm³/mol. The molecule has 14 heavy (non-hydrogen) atoms. The highest BCUT2D eigenvalue weighted by molar-refractivity contribution is 5.55. The zero-order valence-electron chi connectivity index (χ0n) is 7.67. The lowest BCUT2D eigenvalue weighted by atomic mass is 10.0. The van der Waals surface area contributed by atoms with Gasteiger partial charge < -0.3 is 0 Å². The van der Waals surface area contributed by atoms with Gasteiger partial charge in [-0.1, -0.05) is 0 Å². The molecule has 1 aromatic rings. The maximum Gasteiger partial charge on any atom is 0.276 e. The monoisotopic (exact) mass is 194 g/mol. The van der Waals surface area contributed by atoms with Crippen molar-refractivity contribution in [3.05, 3.63) is 38.7 Å². The molecule has 0 aliphatic rings. The smallest absolute Gasteiger partial charge is 0.258 e. The number of benzene rings is 1. The van der Waals surface area contributed by atoms with E-state index in [9.17, 15) is 14.5 Å². The molecule has 0 saturated carbocycles. The average Bonchev–Trinajstić information content (AvgIpc) is 2.02. The molecule has 0 amide bonds. The minimum atomic E-state index is -0.715. The molecule has 1 aromatic carbocycles. The summed E-state index contributed by atoms with van der Waals surface area (Å²) in [6.07, 6.45) is 0. The molecule has 0 aromatic heterocycles. The molecule has 0 fully saturated rings. The lowest BCUT2D eigenvalue weighted by molar-refractivity contribution is -0.386. The summed E-state index contributed by atoms with van der Waals surface area (Å²) >= 11 is 0. The molecule has 1 rings (SSSR count). The van der Waals surface area contributed by atoms with E-state index in [0.717, 1.165) is 6.07 Å². The van der Waals surface area contributed by atoms with E-state index in [2.05, 4.69) is 0 Å². The zero-order valence-corrected chi connectivity index (χ0v) is 7.67. The summed E-state index contributed by atoms with van der Waals surface area (Å²) in [5, 5.41) is 19.2. The Labute approximate surface area is 79.7 Å². The number of hydrogen-bond acceptors (Lipinski definition) is 3. The van der Waals surface area contributed by atoms with Gasteiger partial charge in [0.2, 0.25) is 0 Å². The summed E-state index contributed by atoms with van der Waals surface area (Å²) in [6, 6.07) is 2.61. The first-order chi connectivity index (χ1) is 6.49. The first kappa shape index (κ1) is 10.1. The molecule has 5 heteroatoms. The topological polar surface area (TPSA) is 66.9 Å². The highest BCUT2D eigenvalue weighted by atomic mass is 19.1. The first-order valence-corrected chi connectivity index (χ1v) is 3.83. The van der Waals surface area contributed by atoms with Crippen molar-refractivity contribution in [3.63, 3.8) is 0 Å². The van der Waals surface area contributed by atoms with E-state index in [1.165, 1.54) is 13.8 Å². The Hall–Kier alpha value is -1.96. The maximum absolute atomic E-state index is 13.1. The maximum atomic E-state index is 13.1. The summed E-state index contributed by atoms with van der Waals surface area (Å²) < 4.78 is 13.1. The number of nitrogens with zero attached hydrogens (tertiary/aromatic N) is 2. The van der Waals surface area contributed by atoms with Crippen LogP contribution in [-0.4, -0.2) is 4.92 Å². The van der Waals surface area contributed by atoms with E-state index < -0.39 is 10.7 Å². The number of nitro benzene ring substituents is 1. The number of hydrogen-bond donors (Lipinski definition) is 0. The summed E-state index contributed by atoms with van der Waals surface area (Å²) in [5.74, 6) is -0.715. The first-order valence-electron chi connectivity index (χ1n) is 3.83. The zero-order chi connectivity index (χ0) is 10.9. The lowest BCUT2D eigenvalue weighted by Gasteiger charge is -2.03. The van der Waals surface area contributed by atoms with Gasteiger partial charge in [-0.2, -0.15) is 5.26 Å². The van der Waals surface area contributed by atoms with E-state index in [-0.39, 0.29) is 22.4 Å². The van der Waals surface area contributed by atoms with Crippen LogP contribution in [0.3, 0.4) is 0 Å². The van der Waals surface area contributed by atoms with Crippen molar-refractivity contribution in [1.29, 1.82) is 5.26 Å². The molecule has 4 nitrogen and oxygen atoms in total. The summed E-state index contributed by atoms with van der Waals surface area (Å²) in [6.45, 7) is 2.81. The van der Waals surface area contributed by atoms with E-state index >= 15 is 0 Å². The van der Waals surface area contributed by atoms with Crippen LogP contribution in [0.2, 0.25) is 0 Å². The molecule has 0 radical (unpaired) electrons. The molecule has 0 saturated heterocycles. The highest BCUT2D eigenvalue weighted by Gasteiger charge is 2.20. The third-order valence-corrected chi connectivity index (χ3v) is 1.98. The van der Waals surface area contributed by atoms with Gasteiger partial charge in [-0.15, -0.1) is 0 Å². The molecule has 0 heterocycles. The predicted octanol–water partition coefficient (Wildman–Crippen LogP) is 2.22. The Balaban J connectivity index is 3.62. The van der Waals surface area contributed by atoms with Crippen LogP contribution in [0.1, 0.15) is 16.7 Å². The van der Waals surface area contributed by atoms with Gasteiger partial charge in [-0.05, 0) is 19.9 Å². The van der Waals surface area contributed by atoms with Crippen molar-refractivity contribution in [3.8, 4) is 6.07 Å². The minimum absolute atomic E-state index is 0.0787. The molecule has 0 aliphatic carbocycles. The minimum Gasteiger partial charge on any atom is -0.258 e. The third kappa shape index (κ3) is 1.42. The van der Waals surface area contributed by atoms with Crippen molar-refractivity contribution in [2.24, 2.45) is 0 Å². The Morgan fingerprint density at radius 2 is 2.14 bits per heavy atom. The SMILES string of the molecule is Cc1cc(F)c(C#N)c(C)c1[N+](=O)[O-]. The van der Waals surface area contributed by atoms with Gasteiger partial charge in [0.15, 0.2) is 0 Å². The van der Waals surface area contributed by atoms with E-state index in [0.29, 0.717) is 0 Å². The Kier molecular flexibility index (Phi) is 2.47. The fourth-order valence-corrected chi connectivity index (χ4v) is 1.34. The number of nitriles is 1. The molecule has 0 aliphatic heterocycles. The fourth-order valence-electron chi connectivity index (χ4n) is 1.34. The van der Waals surface area contributed by atoms with Gasteiger partial charge in [0.05, 0.1) is 10.5 Å². The Morgan fingerprint density at radius 3 is 2.57 bits per heavy atom. The normalized spacial score (nSPS) is 9.57. The standard InChI is InChI=1S/C9H7FN2O2/c1-5-3-8(10)7(4-11)6(2)9(5)12(13)14/h3H,1-2H3. The summed E-state index contributed by atoms with van der Waals surface area (Å²) in [4.78, 5) is 9.99. The molecule has 0 atom stereocenters. The summed E-state index contributed by atoms with van der Waals surface area (Å²) in [7, 11) is 0. The largest absolute Gasteiger partial charge is 0.276 e. The van der Waals surface area contributed by atoms with Gasteiger partial charge in [-0.3, -0.25) is 10.1 Å². The second-order valence-corrected chi connectivity index (χ2v) is 2.89. The fraction of sp³-hybridized carbons (Fsp3) is 0.222. The van der Waals surface area contributed by atoms with Crippen LogP contribution >= 0.6 is 0 Å². The number of aryl methyl sites for hydroxylation is 1. The quantitative estimate of drug-likeness (QED) is 0.508. The second-order valence-electron chi connectivity index (χ2n) is 2.89. The van der Waals surface area contributed by atoms with Crippen LogP contribution < -0.4 is 0 Å². The molecule has 0 N–H and O–H groups in total. The Morgan fingerprint density at radius 1 is 1.57 bits per heavy atom. The van der Waals surface area contributed by atoms with Gasteiger partial charge in [0, 0.05) is 11.1 Å². The molecule has 0 unspecified atom stereocenters. The van der Waals surface area contributed by atoms with Crippen LogP contribution in [0, 0.1) is 41.1 Å². The van der Waals surface area contributed by atoms with Crippen molar-refractivity contribution in [1.82, 2.24) is 0 Å². The van der Waals surface area contributed by atoms with Crippen molar-refractivity contribution in [2.75, 3.05) is 0 Å². The van der Waals surface area contributed by atoms with Crippen molar-refractivity contribution in [2.45, 2.75) is 13.8 Å². The lowest BCUT2D eigenvalue weighted by Crippen LogP contribution is -2.00. The van der Waals surface area contributed by atoms with Crippen LogP contribution in [0.5, 0.6) is 0 Å². The van der Waals surface area contributed by atoms with Gasteiger partial charge in [0.1, 0.15) is 11.9 Å².